The van der Waals surface area contributed by atoms with Gasteiger partial charge in [-0.3, -0.25) is 4.99 Å². The summed E-state index contributed by atoms with van der Waals surface area (Å²) in [4.78, 5) is 20.1. The van der Waals surface area contributed by atoms with Gasteiger partial charge in [-0.25, -0.2) is 15.0 Å². The van der Waals surface area contributed by atoms with Gasteiger partial charge in [-0.15, -0.1) is 0 Å². The third kappa shape index (κ3) is 3.32. The fraction of sp³-hybridized carbons (Fsp3) is 0.444. The third-order valence-corrected chi connectivity index (χ3v) is 4.21. The van der Waals surface area contributed by atoms with E-state index in [4.69, 9.17) is 9.47 Å². The quantitative estimate of drug-likeness (QED) is 0.846. The van der Waals surface area contributed by atoms with Crippen molar-refractivity contribution in [1.29, 1.82) is 0 Å². The lowest BCUT2D eigenvalue weighted by atomic mass is 10.1. The third-order valence-electron chi connectivity index (χ3n) is 4.21. The zero-order valence-electron chi connectivity index (χ0n) is 14.5. The van der Waals surface area contributed by atoms with E-state index in [-0.39, 0.29) is 6.10 Å². The standard InChI is InChI=1S/C18H21N5O2/c1-12(2)25-17-7-14-13(9-19-17)10-20-18(14)15-8-16(22-11-21-15)23-3-5-24-6-4-23/h7-9,11-12H,3-6,10H2,1-2H3. The Morgan fingerprint density at radius 3 is 2.76 bits per heavy atom. The molecule has 0 spiro atoms. The maximum absolute atomic E-state index is 5.72. The van der Waals surface area contributed by atoms with E-state index in [9.17, 15) is 0 Å². The molecule has 7 nitrogen and oxygen atoms in total. The SMILES string of the molecule is CC(C)Oc1cc2c(cn1)CN=C2c1cc(N2CCOCC2)ncn1. The molecule has 2 aromatic rings. The van der Waals surface area contributed by atoms with E-state index in [2.05, 4.69) is 24.8 Å². The molecule has 0 unspecified atom stereocenters. The molecular formula is C18H21N5O2. The van der Waals surface area contributed by atoms with E-state index < -0.39 is 0 Å². The number of ether oxygens (including phenoxy) is 2. The Hall–Kier alpha value is -2.54. The molecule has 0 aromatic carbocycles. The molecular weight excluding hydrogens is 318 g/mol. The molecule has 2 aliphatic heterocycles. The minimum absolute atomic E-state index is 0.0827. The summed E-state index contributed by atoms with van der Waals surface area (Å²) in [5.74, 6) is 1.53. The summed E-state index contributed by atoms with van der Waals surface area (Å²) in [7, 11) is 0. The first-order valence-corrected chi connectivity index (χ1v) is 8.56. The van der Waals surface area contributed by atoms with Crippen molar-refractivity contribution in [2.24, 2.45) is 4.99 Å². The molecule has 0 N–H and O–H groups in total. The molecule has 4 rings (SSSR count). The van der Waals surface area contributed by atoms with Crippen LogP contribution >= 0.6 is 0 Å². The van der Waals surface area contributed by atoms with E-state index >= 15 is 0 Å². The van der Waals surface area contributed by atoms with Gasteiger partial charge in [0.1, 0.15) is 12.1 Å². The molecule has 1 fully saturated rings. The smallest absolute Gasteiger partial charge is 0.214 e. The molecule has 25 heavy (non-hydrogen) atoms. The highest BCUT2D eigenvalue weighted by Gasteiger charge is 2.22. The first-order chi connectivity index (χ1) is 12.2. The average Bonchev–Trinajstić information content (AvgIpc) is 3.05. The highest BCUT2D eigenvalue weighted by molar-refractivity contribution is 6.14. The minimum atomic E-state index is 0.0827. The van der Waals surface area contributed by atoms with Crippen molar-refractivity contribution in [3.8, 4) is 5.88 Å². The van der Waals surface area contributed by atoms with Crippen LogP contribution < -0.4 is 9.64 Å². The predicted octanol–water partition coefficient (Wildman–Crippen LogP) is 1.85. The van der Waals surface area contributed by atoms with Gasteiger partial charge >= 0.3 is 0 Å². The molecule has 1 saturated heterocycles. The predicted molar refractivity (Wildman–Crippen MR) is 94.4 cm³/mol. The highest BCUT2D eigenvalue weighted by Crippen LogP contribution is 2.26. The highest BCUT2D eigenvalue weighted by atomic mass is 16.5. The van der Waals surface area contributed by atoms with Crippen LogP contribution in [0.5, 0.6) is 5.88 Å². The van der Waals surface area contributed by atoms with E-state index in [1.54, 1.807) is 6.33 Å². The topological polar surface area (TPSA) is 72.7 Å². The van der Waals surface area contributed by atoms with Crippen LogP contribution in [0.3, 0.4) is 0 Å². The Labute approximate surface area is 146 Å². The van der Waals surface area contributed by atoms with Crippen LogP contribution in [-0.2, 0) is 11.3 Å². The average molecular weight is 339 g/mol. The molecule has 2 aliphatic rings. The lowest BCUT2D eigenvalue weighted by Crippen LogP contribution is -2.36. The first kappa shape index (κ1) is 16.0. The Balaban J connectivity index is 1.64. The molecule has 0 aliphatic carbocycles. The van der Waals surface area contributed by atoms with Gasteiger partial charge in [-0.05, 0) is 13.8 Å². The number of hydrogen-bond acceptors (Lipinski definition) is 7. The monoisotopic (exact) mass is 339 g/mol. The van der Waals surface area contributed by atoms with Gasteiger partial charge in [0.2, 0.25) is 5.88 Å². The van der Waals surface area contributed by atoms with Gasteiger partial charge < -0.3 is 14.4 Å². The van der Waals surface area contributed by atoms with Crippen molar-refractivity contribution in [2.45, 2.75) is 26.5 Å². The van der Waals surface area contributed by atoms with Crippen LogP contribution in [0.25, 0.3) is 0 Å². The Kier molecular flexibility index (Phi) is 4.31. The van der Waals surface area contributed by atoms with Gasteiger partial charge in [0, 0.05) is 42.5 Å². The summed E-state index contributed by atoms with van der Waals surface area (Å²) < 4.78 is 11.1. The Bertz CT molecular complexity index is 800. The Morgan fingerprint density at radius 2 is 1.96 bits per heavy atom. The van der Waals surface area contributed by atoms with Crippen molar-refractivity contribution < 1.29 is 9.47 Å². The van der Waals surface area contributed by atoms with Crippen molar-refractivity contribution in [1.82, 2.24) is 15.0 Å². The fourth-order valence-electron chi connectivity index (χ4n) is 3.03. The number of anilines is 1. The largest absolute Gasteiger partial charge is 0.475 e. The van der Waals surface area contributed by atoms with E-state index in [1.807, 2.05) is 32.2 Å². The molecule has 0 saturated carbocycles. The number of pyridine rings is 1. The van der Waals surface area contributed by atoms with E-state index in [0.717, 1.165) is 54.7 Å². The normalized spacial score (nSPS) is 16.8. The Morgan fingerprint density at radius 1 is 1.12 bits per heavy atom. The van der Waals surface area contributed by atoms with Crippen molar-refractivity contribution in [3.05, 3.63) is 41.5 Å². The van der Waals surface area contributed by atoms with Crippen molar-refractivity contribution in [3.63, 3.8) is 0 Å². The molecule has 0 bridgehead atoms. The molecule has 0 atom stereocenters. The zero-order valence-corrected chi connectivity index (χ0v) is 14.5. The number of morpholine rings is 1. The summed E-state index contributed by atoms with van der Waals surface area (Å²) in [5, 5.41) is 0. The van der Waals surface area contributed by atoms with Crippen LogP contribution in [0.2, 0.25) is 0 Å². The van der Waals surface area contributed by atoms with Crippen LogP contribution in [0.4, 0.5) is 5.82 Å². The second-order valence-corrected chi connectivity index (χ2v) is 6.37. The molecule has 0 radical (unpaired) electrons. The van der Waals surface area contributed by atoms with Crippen LogP contribution in [0.15, 0.2) is 29.6 Å². The van der Waals surface area contributed by atoms with Crippen molar-refractivity contribution >= 4 is 11.5 Å². The maximum atomic E-state index is 5.72. The fourth-order valence-corrected chi connectivity index (χ4v) is 3.03. The second-order valence-electron chi connectivity index (χ2n) is 6.37. The number of aliphatic imine (C=N–C) groups is 1. The number of aromatic nitrogens is 3. The molecule has 2 aromatic heterocycles. The lowest BCUT2D eigenvalue weighted by Gasteiger charge is -2.27. The van der Waals surface area contributed by atoms with Gasteiger partial charge in [-0.2, -0.15) is 0 Å². The zero-order chi connectivity index (χ0) is 17.2. The maximum Gasteiger partial charge on any atom is 0.214 e. The molecule has 7 heteroatoms. The first-order valence-electron chi connectivity index (χ1n) is 8.56. The molecule has 0 amide bonds. The van der Waals surface area contributed by atoms with Gasteiger partial charge in [0.05, 0.1) is 37.3 Å². The van der Waals surface area contributed by atoms with Crippen LogP contribution in [-0.4, -0.2) is 53.1 Å². The summed E-state index contributed by atoms with van der Waals surface area (Å²) in [6, 6.07) is 3.96. The molecule has 130 valence electrons. The van der Waals surface area contributed by atoms with Crippen LogP contribution in [0.1, 0.15) is 30.7 Å². The molecule has 4 heterocycles. The summed E-state index contributed by atoms with van der Waals surface area (Å²) in [6.07, 6.45) is 3.53. The number of rotatable bonds is 4. The van der Waals surface area contributed by atoms with Gasteiger partial charge in [-0.1, -0.05) is 0 Å². The number of nitrogens with zero attached hydrogens (tertiary/aromatic N) is 5. The number of fused-ring (bicyclic) bond motifs is 1. The minimum Gasteiger partial charge on any atom is -0.475 e. The number of hydrogen-bond donors (Lipinski definition) is 0. The van der Waals surface area contributed by atoms with E-state index in [0.29, 0.717) is 12.4 Å². The van der Waals surface area contributed by atoms with Gasteiger partial charge in [0.15, 0.2) is 0 Å². The second kappa shape index (κ2) is 6.76. The van der Waals surface area contributed by atoms with Gasteiger partial charge in [0.25, 0.3) is 0 Å². The summed E-state index contributed by atoms with van der Waals surface area (Å²) in [5.41, 5.74) is 3.84. The van der Waals surface area contributed by atoms with Crippen molar-refractivity contribution in [2.75, 3.05) is 31.2 Å². The summed E-state index contributed by atoms with van der Waals surface area (Å²) >= 11 is 0. The summed E-state index contributed by atoms with van der Waals surface area (Å²) in [6.45, 7) is 7.74. The lowest BCUT2D eigenvalue weighted by molar-refractivity contribution is 0.122. The van der Waals surface area contributed by atoms with E-state index in [1.165, 1.54) is 0 Å². The van der Waals surface area contributed by atoms with Crippen LogP contribution in [0, 0.1) is 0 Å².